The van der Waals surface area contributed by atoms with E-state index in [1.54, 1.807) is 30.3 Å². The van der Waals surface area contributed by atoms with Crippen molar-refractivity contribution in [2.45, 2.75) is 6.18 Å². The van der Waals surface area contributed by atoms with E-state index in [0.29, 0.717) is 11.3 Å². The molecule has 0 saturated heterocycles. The summed E-state index contributed by atoms with van der Waals surface area (Å²) in [4.78, 5) is 18.8. The molecule has 3 aromatic rings. The molecule has 0 saturated carbocycles. The molecule has 6 nitrogen and oxygen atoms in total. The van der Waals surface area contributed by atoms with Crippen LogP contribution < -0.4 is 15.6 Å². The van der Waals surface area contributed by atoms with Gasteiger partial charge in [0.1, 0.15) is 17.4 Å². The van der Waals surface area contributed by atoms with Gasteiger partial charge in [0.2, 0.25) is 5.95 Å². The summed E-state index contributed by atoms with van der Waals surface area (Å²) in [6.07, 6.45) is -4.50. The first kappa shape index (κ1) is 19.0. The first-order chi connectivity index (χ1) is 13.3. The Balaban J connectivity index is 2.03. The molecule has 0 amide bonds. The van der Waals surface area contributed by atoms with Crippen molar-refractivity contribution in [3.63, 3.8) is 0 Å². The number of nitrogens with one attached hydrogen (secondary N) is 2. The fourth-order valence-electron chi connectivity index (χ4n) is 2.50. The second kappa shape index (κ2) is 7.44. The van der Waals surface area contributed by atoms with Gasteiger partial charge in [0.15, 0.2) is 0 Å². The van der Waals surface area contributed by atoms with Crippen LogP contribution in [-0.4, -0.2) is 17.1 Å². The lowest BCUT2D eigenvalue weighted by Crippen LogP contribution is -2.16. The zero-order chi connectivity index (χ0) is 20.3. The Kier molecular flexibility index (Phi) is 5.04. The highest BCUT2D eigenvalue weighted by Crippen LogP contribution is 2.31. The van der Waals surface area contributed by atoms with Gasteiger partial charge in [-0.15, -0.1) is 0 Å². The number of benzene rings is 2. The number of rotatable bonds is 4. The Labute approximate surface area is 157 Å². The minimum absolute atomic E-state index is 0.0864. The maximum Gasteiger partial charge on any atom is 0.416 e. The first-order valence-electron chi connectivity index (χ1n) is 7.95. The number of methoxy groups -OCH3 is 1. The van der Waals surface area contributed by atoms with Gasteiger partial charge in [-0.25, -0.2) is 4.98 Å². The number of nitriles is 1. The van der Waals surface area contributed by atoms with Crippen LogP contribution in [0.25, 0.3) is 11.3 Å². The third-order valence-electron chi connectivity index (χ3n) is 3.85. The van der Waals surface area contributed by atoms with Crippen LogP contribution in [0.2, 0.25) is 0 Å². The van der Waals surface area contributed by atoms with Gasteiger partial charge in [-0.05, 0) is 42.5 Å². The molecule has 0 atom stereocenters. The number of aromatic nitrogens is 2. The van der Waals surface area contributed by atoms with Crippen molar-refractivity contribution < 1.29 is 17.9 Å². The molecule has 0 radical (unpaired) electrons. The van der Waals surface area contributed by atoms with Crippen molar-refractivity contribution in [1.82, 2.24) is 9.97 Å². The van der Waals surface area contributed by atoms with Crippen molar-refractivity contribution in [2.75, 3.05) is 12.4 Å². The standard InChI is InChI=1S/C19H13F3N4O2/c1-28-14-7-5-11(6-8-14)16-15(10-23)17(27)26-18(25-16)24-13-4-2-3-12(9-13)19(20,21)22/h2-9H,1H3,(H2,24,25,26,27). The second-order valence-corrected chi connectivity index (χ2v) is 5.68. The van der Waals surface area contributed by atoms with E-state index in [2.05, 4.69) is 15.3 Å². The second-order valence-electron chi connectivity index (χ2n) is 5.68. The Hall–Kier alpha value is -3.80. The number of nitrogens with zero attached hydrogens (tertiary/aromatic N) is 2. The topological polar surface area (TPSA) is 90.8 Å². The summed E-state index contributed by atoms with van der Waals surface area (Å²) >= 11 is 0. The molecule has 1 heterocycles. The Morgan fingerprint density at radius 2 is 1.89 bits per heavy atom. The van der Waals surface area contributed by atoms with Gasteiger partial charge >= 0.3 is 6.18 Å². The Morgan fingerprint density at radius 1 is 1.18 bits per heavy atom. The van der Waals surface area contributed by atoms with E-state index in [1.807, 2.05) is 0 Å². The molecular formula is C19H13F3N4O2. The fourth-order valence-corrected chi connectivity index (χ4v) is 2.50. The summed E-state index contributed by atoms with van der Waals surface area (Å²) < 4.78 is 43.7. The van der Waals surface area contributed by atoms with Gasteiger partial charge in [0.25, 0.3) is 5.56 Å². The molecule has 2 aromatic carbocycles. The summed E-state index contributed by atoms with van der Waals surface area (Å²) in [5, 5.41) is 11.9. The highest BCUT2D eigenvalue weighted by atomic mass is 19.4. The molecule has 0 bridgehead atoms. The van der Waals surface area contributed by atoms with Gasteiger partial charge in [-0.2, -0.15) is 18.4 Å². The van der Waals surface area contributed by atoms with Gasteiger partial charge in [-0.1, -0.05) is 6.07 Å². The van der Waals surface area contributed by atoms with E-state index >= 15 is 0 Å². The molecule has 28 heavy (non-hydrogen) atoms. The fraction of sp³-hybridized carbons (Fsp3) is 0.105. The molecule has 142 valence electrons. The lowest BCUT2D eigenvalue weighted by Gasteiger charge is -2.11. The average Bonchev–Trinajstić information content (AvgIpc) is 2.67. The van der Waals surface area contributed by atoms with Crippen molar-refractivity contribution >= 4 is 11.6 Å². The summed E-state index contributed by atoms with van der Waals surface area (Å²) in [5.74, 6) is 0.489. The van der Waals surface area contributed by atoms with E-state index in [1.165, 1.54) is 19.2 Å². The van der Waals surface area contributed by atoms with E-state index < -0.39 is 17.3 Å². The van der Waals surface area contributed by atoms with E-state index in [4.69, 9.17) is 4.74 Å². The molecule has 0 aliphatic heterocycles. The number of H-pyrrole nitrogens is 1. The lowest BCUT2D eigenvalue weighted by atomic mass is 10.1. The quantitative estimate of drug-likeness (QED) is 0.705. The van der Waals surface area contributed by atoms with Crippen LogP contribution in [0.5, 0.6) is 5.75 Å². The van der Waals surface area contributed by atoms with Crippen LogP contribution in [0.4, 0.5) is 24.8 Å². The highest BCUT2D eigenvalue weighted by Gasteiger charge is 2.30. The number of aromatic amines is 1. The first-order valence-corrected chi connectivity index (χ1v) is 7.95. The van der Waals surface area contributed by atoms with Crippen molar-refractivity contribution in [2.24, 2.45) is 0 Å². The molecule has 2 N–H and O–H groups in total. The summed E-state index contributed by atoms with van der Waals surface area (Å²) in [6.45, 7) is 0. The number of halogens is 3. The molecular weight excluding hydrogens is 373 g/mol. The maximum atomic E-state index is 12.9. The minimum Gasteiger partial charge on any atom is -0.497 e. The SMILES string of the molecule is COc1ccc(-c2nc(Nc3cccc(C(F)(F)F)c3)[nH]c(=O)c2C#N)cc1. The normalized spacial score (nSPS) is 11.0. The van der Waals surface area contributed by atoms with Crippen molar-refractivity contribution in [1.29, 1.82) is 5.26 Å². The minimum atomic E-state index is -4.50. The molecule has 1 aromatic heterocycles. The number of ether oxygens (including phenoxy) is 1. The van der Waals surface area contributed by atoms with Crippen LogP contribution in [0.1, 0.15) is 11.1 Å². The van der Waals surface area contributed by atoms with Gasteiger partial charge in [-0.3, -0.25) is 9.78 Å². The predicted molar refractivity (Wildman–Crippen MR) is 96.3 cm³/mol. The van der Waals surface area contributed by atoms with Gasteiger partial charge in [0, 0.05) is 11.3 Å². The van der Waals surface area contributed by atoms with E-state index in [9.17, 15) is 23.2 Å². The number of hydrogen-bond donors (Lipinski definition) is 2. The third-order valence-corrected chi connectivity index (χ3v) is 3.85. The smallest absolute Gasteiger partial charge is 0.416 e. The average molecular weight is 386 g/mol. The number of anilines is 2. The van der Waals surface area contributed by atoms with Gasteiger partial charge < -0.3 is 10.1 Å². The molecule has 0 unspecified atom stereocenters. The summed E-state index contributed by atoms with van der Waals surface area (Å²) in [6, 6.07) is 12.8. The third kappa shape index (κ3) is 3.96. The monoisotopic (exact) mass is 386 g/mol. The predicted octanol–water partition coefficient (Wildman–Crippen LogP) is 4.08. The molecule has 9 heteroatoms. The van der Waals surface area contributed by atoms with Crippen molar-refractivity contribution in [3.05, 3.63) is 70.0 Å². The van der Waals surface area contributed by atoms with Crippen LogP contribution in [0, 0.1) is 11.3 Å². The van der Waals surface area contributed by atoms with Gasteiger partial charge in [0.05, 0.1) is 18.4 Å². The summed E-state index contributed by atoms with van der Waals surface area (Å²) in [5.41, 5.74) is -1.09. The van der Waals surface area contributed by atoms with Crippen LogP contribution >= 0.6 is 0 Å². The molecule has 3 rings (SSSR count). The van der Waals surface area contributed by atoms with Crippen LogP contribution in [0.3, 0.4) is 0 Å². The molecule has 0 aliphatic rings. The zero-order valence-corrected chi connectivity index (χ0v) is 14.5. The maximum absolute atomic E-state index is 12.9. The zero-order valence-electron chi connectivity index (χ0n) is 14.5. The van der Waals surface area contributed by atoms with Crippen molar-refractivity contribution in [3.8, 4) is 23.1 Å². The van der Waals surface area contributed by atoms with Crippen LogP contribution in [-0.2, 0) is 6.18 Å². The highest BCUT2D eigenvalue weighted by molar-refractivity contribution is 5.68. The largest absolute Gasteiger partial charge is 0.497 e. The van der Waals surface area contributed by atoms with E-state index in [-0.39, 0.29) is 22.9 Å². The van der Waals surface area contributed by atoms with E-state index in [0.717, 1.165) is 12.1 Å². The molecule has 0 fully saturated rings. The number of alkyl halides is 3. The Bertz CT molecular complexity index is 1100. The Morgan fingerprint density at radius 3 is 2.50 bits per heavy atom. The molecule has 0 spiro atoms. The number of hydrogen-bond acceptors (Lipinski definition) is 5. The summed E-state index contributed by atoms with van der Waals surface area (Å²) in [7, 11) is 1.50. The van der Waals surface area contributed by atoms with Crippen LogP contribution in [0.15, 0.2) is 53.3 Å². The molecule has 0 aliphatic carbocycles. The lowest BCUT2D eigenvalue weighted by molar-refractivity contribution is -0.137.